The maximum absolute atomic E-state index is 9.63. The Balaban J connectivity index is 2.41. The van der Waals surface area contributed by atoms with Crippen LogP contribution in [0.2, 0.25) is 0 Å². The van der Waals surface area contributed by atoms with Crippen LogP contribution in [0.15, 0.2) is 0 Å². The smallest absolute Gasteiger partial charge is 0.0613 e. The monoisotopic (exact) mass is 228 g/mol. The zero-order valence-corrected chi connectivity index (χ0v) is 11.1. The molecule has 0 aromatic carbocycles. The van der Waals surface area contributed by atoms with Crippen molar-refractivity contribution in [1.29, 1.82) is 0 Å². The average Bonchev–Trinajstić information content (AvgIpc) is 2.29. The van der Waals surface area contributed by atoms with Crippen molar-refractivity contribution >= 4 is 0 Å². The van der Waals surface area contributed by atoms with E-state index < -0.39 is 0 Å². The Bertz CT molecular complexity index is 190. The Labute approximate surface area is 100 Å². The molecule has 0 aromatic heterocycles. The van der Waals surface area contributed by atoms with Gasteiger partial charge < -0.3 is 15.3 Å². The average molecular weight is 228 g/mol. The molecule has 0 aromatic rings. The summed E-state index contributed by atoms with van der Waals surface area (Å²) in [6.45, 7) is 4.42. The van der Waals surface area contributed by atoms with Crippen molar-refractivity contribution in [2.45, 2.75) is 44.6 Å². The molecular formula is C13H28N2O. The van der Waals surface area contributed by atoms with Gasteiger partial charge in [-0.2, -0.15) is 0 Å². The van der Waals surface area contributed by atoms with Crippen LogP contribution in [0, 0.1) is 5.92 Å². The van der Waals surface area contributed by atoms with Gasteiger partial charge in [0.05, 0.1) is 6.61 Å². The summed E-state index contributed by atoms with van der Waals surface area (Å²) in [7, 11) is 4.16. The van der Waals surface area contributed by atoms with E-state index in [9.17, 15) is 5.11 Å². The van der Waals surface area contributed by atoms with Gasteiger partial charge in [-0.15, -0.1) is 0 Å². The van der Waals surface area contributed by atoms with Gasteiger partial charge in [0.15, 0.2) is 0 Å². The second kappa shape index (κ2) is 6.58. The van der Waals surface area contributed by atoms with Crippen LogP contribution in [0.1, 0.15) is 39.0 Å². The molecule has 0 spiro atoms. The summed E-state index contributed by atoms with van der Waals surface area (Å²) in [5, 5.41) is 13.2. The van der Waals surface area contributed by atoms with Gasteiger partial charge in [0.1, 0.15) is 0 Å². The number of rotatable bonds is 6. The molecule has 0 radical (unpaired) electrons. The Kier molecular flexibility index (Phi) is 5.73. The molecule has 1 saturated carbocycles. The molecule has 1 fully saturated rings. The number of hydrogen-bond donors (Lipinski definition) is 2. The Morgan fingerprint density at radius 1 is 1.25 bits per heavy atom. The molecule has 96 valence electrons. The summed E-state index contributed by atoms with van der Waals surface area (Å²) in [6, 6.07) is 0. The van der Waals surface area contributed by atoms with Crippen molar-refractivity contribution < 1.29 is 5.11 Å². The zero-order valence-electron chi connectivity index (χ0n) is 11.1. The van der Waals surface area contributed by atoms with E-state index in [0.29, 0.717) is 5.92 Å². The van der Waals surface area contributed by atoms with E-state index in [0.717, 1.165) is 13.1 Å². The van der Waals surface area contributed by atoms with Gasteiger partial charge >= 0.3 is 0 Å². The lowest BCUT2D eigenvalue weighted by molar-refractivity contribution is 0.0936. The van der Waals surface area contributed by atoms with Crippen LogP contribution in [-0.2, 0) is 0 Å². The Morgan fingerprint density at radius 3 is 2.38 bits per heavy atom. The van der Waals surface area contributed by atoms with Crippen LogP contribution in [0.3, 0.4) is 0 Å². The molecule has 1 aliphatic carbocycles. The number of likely N-dealkylation sites (N-methyl/N-ethyl adjacent to an activating group) is 1. The maximum atomic E-state index is 9.63. The van der Waals surface area contributed by atoms with Crippen LogP contribution in [0.25, 0.3) is 0 Å². The standard InChI is InChI=1S/C13H28N2O/c1-13(11-16,14-9-10-15(2)3)12-7-5-4-6-8-12/h12,14,16H,4-11H2,1-3H3. The van der Waals surface area contributed by atoms with E-state index in [1.165, 1.54) is 32.1 Å². The van der Waals surface area contributed by atoms with Crippen molar-refractivity contribution in [1.82, 2.24) is 10.2 Å². The molecule has 1 aliphatic rings. The van der Waals surface area contributed by atoms with Crippen molar-refractivity contribution in [2.24, 2.45) is 5.92 Å². The maximum Gasteiger partial charge on any atom is 0.0613 e. The first kappa shape index (κ1) is 13.9. The minimum absolute atomic E-state index is 0.0730. The van der Waals surface area contributed by atoms with Crippen molar-refractivity contribution in [2.75, 3.05) is 33.8 Å². The van der Waals surface area contributed by atoms with E-state index in [1.807, 2.05) is 0 Å². The van der Waals surface area contributed by atoms with Crippen LogP contribution < -0.4 is 5.32 Å². The molecule has 0 bridgehead atoms. The summed E-state index contributed by atoms with van der Waals surface area (Å²) in [6.07, 6.45) is 6.57. The van der Waals surface area contributed by atoms with E-state index >= 15 is 0 Å². The van der Waals surface area contributed by atoms with Gasteiger partial charge in [-0.3, -0.25) is 0 Å². The fraction of sp³-hybridized carbons (Fsp3) is 1.00. The first-order valence-corrected chi connectivity index (χ1v) is 6.59. The summed E-state index contributed by atoms with van der Waals surface area (Å²) >= 11 is 0. The molecule has 16 heavy (non-hydrogen) atoms. The number of nitrogens with one attached hydrogen (secondary N) is 1. The molecule has 3 heteroatoms. The fourth-order valence-corrected chi connectivity index (χ4v) is 2.63. The highest BCUT2D eigenvalue weighted by Gasteiger charge is 2.33. The van der Waals surface area contributed by atoms with Crippen molar-refractivity contribution in [3.63, 3.8) is 0 Å². The molecule has 0 heterocycles. The molecule has 0 aliphatic heterocycles. The highest BCUT2D eigenvalue weighted by Crippen LogP contribution is 2.32. The first-order valence-electron chi connectivity index (χ1n) is 6.59. The number of hydrogen-bond acceptors (Lipinski definition) is 3. The SMILES string of the molecule is CN(C)CCNC(C)(CO)C1CCCCC1. The van der Waals surface area contributed by atoms with E-state index in [2.05, 4.69) is 31.2 Å². The highest BCUT2D eigenvalue weighted by atomic mass is 16.3. The summed E-state index contributed by atoms with van der Waals surface area (Å²) in [4.78, 5) is 2.17. The molecule has 1 rings (SSSR count). The van der Waals surface area contributed by atoms with Crippen LogP contribution in [0.5, 0.6) is 0 Å². The van der Waals surface area contributed by atoms with E-state index in [1.54, 1.807) is 0 Å². The van der Waals surface area contributed by atoms with Crippen LogP contribution >= 0.6 is 0 Å². The van der Waals surface area contributed by atoms with E-state index in [4.69, 9.17) is 0 Å². The Morgan fingerprint density at radius 2 is 1.88 bits per heavy atom. The van der Waals surface area contributed by atoms with Gasteiger partial charge in [0, 0.05) is 18.6 Å². The summed E-state index contributed by atoms with van der Waals surface area (Å²) in [5.41, 5.74) is -0.0730. The number of aliphatic hydroxyl groups excluding tert-OH is 1. The van der Waals surface area contributed by atoms with Gasteiger partial charge in [-0.05, 0) is 39.8 Å². The molecule has 0 amide bonds. The third kappa shape index (κ3) is 4.04. The second-order valence-corrected chi connectivity index (χ2v) is 5.64. The minimum Gasteiger partial charge on any atom is -0.394 e. The lowest BCUT2D eigenvalue weighted by atomic mass is 9.76. The van der Waals surface area contributed by atoms with Gasteiger partial charge in [0.25, 0.3) is 0 Å². The third-order valence-corrected chi connectivity index (χ3v) is 3.92. The zero-order chi connectivity index (χ0) is 12.0. The number of nitrogens with zero attached hydrogens (tertiary/aromatic N) is 1. The van der Waals surface area contributed by atoms with Gasteiger partial charge in [-0.1, -0.05) is 19.3 Å². The third-order valence-electron chi connectivity index (χ3n) is 3.92. The summed E-state index contributed by atoms with van der Waals surface area (Å²) < 4.78 is 0. The van der Waals surface area contributed by atoms with Crippen molar-refractivity contribution in [3.05, 3.63) is 0 Å². The molecule has 3 nitrogen and oxygen atoms in total. The quantitative estimate of drug-likeness (QED) is 0.722. The van der Waals surface area contributed by atoms with Crippen LogP contribution in [-0.4, -0.2) is 49.3 Å². The van der Waals surface area contributed by atoms with Crippen molar-refractivity contribution in [3.8, 4) is 0 Å². The Hall–Kier alpha value is -0.120. The predicted molar refractivity (Wildman–Crippen MR) is 68.6 cm³/mol. The molecule has 0 saturated heterocycles. The van der Waals surface area contributed by atoms with E-state index in [-0.39, 0.29) is 12.1 Å². The van der Waals surface area contributed by atoms with Gasteiger partial charge in [-0.25, -0.2) is 0 Å². The lowest BCUT2D eigenvalue weighted by Crippen LogP contribution is -2.53. The fourth-order valence-electron chi connectivity index (χ4n) is 2.63. The molecular weight excluding hydrogens is 200 g/mol. The lowest BCUT2D eigenvalue weighted by Gasteiger charge is -2.39. The summed E-state index contributed by atoms with van der Waals surface area (Å²) in [5.74, 6) is 0.647. The number of aliphatic hydroxyl groups is 1. The predicted octanol–water partition coefficient (Wildman–Crippen LogP) is 1.47. The van der Waals surface area contributed by atoms with Gasteiger partial charge in [0.2, 0.25) is 0 Å². The first-order chi connectivity index (χ1) is 7.58. The molecule has 1 unspecified atom stereocenters. The second-order valence-electron chi connectivity index (χ2n) is 5.64. The minimum atomic E-state index is -0.0730. The largest absolute Gasteiger partial charge is 0.394 e. The molecule has 1 atom stereocenters. The molecule has 2 N–H and O–H groups in total. The normalized spacial score (nSPS) is 22.3. The highest BCUT2D eigenvalue weighted by molar-refractivity contribution is 4.91. The van der Waals surface area contributed by atoms with Crippen LogP contribution in [0.4, 0.5) is 0 Å². The topological polar surface area (TPSA) is 35.5 Å².